The highest BCUT2D eigenvalue weighted by Gasteiger charge is 2.13. The molecule has 118 valence electrons. The molecule has 0 saturated heterocycles. The quantitative estimate of drug-likeness (QED) is 0.308. The Kier molecular flexibility index (Phi) is 3.64. The highest BCUT2D eigenvalue weighted by Crippen LogP contribution is 2.19. The summed E-state index contributed by atoms with van der Waals surface area (Å²) >= 11 is 2.03. The monoisotopic (exact) mass is 430 g/mol. The maximum Gasteiger partial charge on any atom is 0.299 e. The van der Waals surface area contributed by atoms with Gasteiger partial charge in [0.15, 0.2) is 11.3 Å². The summed E-state index contributed by atoms with van der Waals surface area (Å²) in [7, 11) is 0. The number of halogens is 1. The zero-order chi connectivity index (χ0) is 16.7. The van der Waals surface area contributed by atoms with Crippen LogP contribution in [-0.2, 0) is 0 Å². The van der Waals surface area contributed by atoms with Gasteiger partial charge in [-0.3, -0.25) is 14.7 Å². The fraction of sp³-hybridized carbons (Fsp3) is 0.0588. The van der Waals surface area contributed by atoms with E-state index in [0.717, 1.165) is 10.9 Å². The zero-order valence-corrected chi connectivity index (χ0v) is 14.5. The molecule has 2 aromatic heterocycles. The van der Waals surface area contributed by atoms with E-state index in [2.05, 4.69) is 15.3 Å². The molecule has 0 aliphatic carbocycles. The summed E-state index contributed by atoms with van der Waals surface area (Å²) in [6.07, 6.45) is 0. The molecule has 4 rings (SSSR count). The molecule has 0 bridgehead atoms. The summed E-state index contributed by atoms with van der Waals surface area (Å²) in [4.78, 5) is 24.3. The number of rotatable bonds is 3. The van der Waals surface area contributed by atoms with Crippen LogP contribution < -0.4 is 5.56 Å². The number of benzene rings is 2. The van der Waals surface area contributed by atoms with Crippen molar-refractivity contribution < 1.29 is 4.79 Å². The lowest BCUT2D eigenvalue weighted by Gasteiger charge is -2.02. The molecule has 0 unspecified atom stereocenters. The Hall–Kier alpha value is -2.55. The molecule has 0 fully saturated rings. The summed E-state index contributed by atoms with van der Waals surface area (Å²) in [6, 6.07) is 14.4. The average Bonchev–Trinajstić information content (AvgIpc) is 2.98. The van der Waals surface area contributed by atoms with E-state index in [4.69, 9.17) is 0 Å². The molecule has 0 amide bonds. The molecule has 6 nitrogen and oxygen atoms in total. The van der Waals surface area contributed by atoms with Crippen molar-refractivity contribution >= 4 is 50.3 Å². The van der Waals surface area contributed by atoms with Crippen LogP contribution in [0.3, 0.4) is 0 Å². The summed E-state index contributed by atoms with van der Waals surface area (Å²) < 4.78 is 1.84. The highest BCUT2D eigenvalue weighted by molar-refractivity contribution is 14.1. The van der Waals surface area contributed by atoms with Crippen molar-refractivity contribution in [2.45, 2.75) is 0 Å². The number of ketones is 1. The molecule has 2 heterocycles. The van der Waals surface area contributed by atoms with Crippen molar-refractivity contribution in [2.24, 2.45) is 0 Å². The third-order valence-electron chi connectivity index (χ3n) is 3.87. The number of H-pyrrole nitrogens is 1. The number of nitrogens with zero attached hydrogens (tertiary/aromatic N) is 3. The van der Waals surface area contributed by atoms with Gasteiger partial charge in [0, 0.05) is 10.9 Å². The van der Waals surface area contributed by atoms with Gasteiger partial charge in [-0.15, -0.1) is 10.2 Å². The predicted molar refractivity (Wildman–Crippen MR) is 100 cm³/mol. The first-order valence-corrected chi connectivity index (χ1v) is 8.77. The van der Waals surface area contributed by atoms with Crippen LogP contribution in [0.1, 0.15) is 10.4 Å². The molecule has 0 aliphatic heterocycles. The topological polar surface area (TPSA) is 80.6 Å². The van der Waals surface area contributed by atoms with E-state index in [-0.39, 0.29) is 11.3 Å². The van der Waals surface area contributed by atoms with Crippen LogP contribution >= 0.6 is 22.6 Å². The van der Waals surface area contributed by atoms with Gasteiger partial charge in [-0.1, -0.05) is 40.8 Å². The van der Waals surface area contributed by atoms with E-state index < -0.39 is 0 Å². The third-order valence-corrected chi connectivity index (χ3v) is 4.56. The number of hydrogen-bond acceptors (Lipinski definition) is 4. The van der Waals surface area contributed by atoms with E-state index in [0.29, 0.717) is 26.7 Å². The van der Waals surface area contributed by atoms with Gasteiger partial charge >= 0.3 is 0 Å². The van der Waals surface area contributed by atoms with Gasteiger partial charge in [0.25, 0.3) is 5.56 Å². The first-order valence-electron chi connectivity index (χ1n) is 7.25. The van der Waals surface area contributed by atoms with Gasteiger partial charge in [-0.25, -0.2) is 4.68 Å². The van der Waals surface area contributed by atoms with Gasteiger partial charge in [-0.05, 0) is 30.3 Å². The Morgan fingerprint density at radius 2 is 1.83 bits per heavy atom. The number of aromatic amines is 1. The van der Waals surface area contributed by atoms with Gasteiger partial charge in [0.2, 0.25) is 0 Å². The van der Waals surface area contributed by atoms with Crippen LogP contribution in [-0.4, -0.2) is 30.2 Å². The third kappa shape index (κ3) is 2.32. The van der Waals surface area contributed by atoms with Crippen molar-refractivity contribution in [3.8, 4) is 5.69 Å². The molecule has 0 saturated carbocycles. The Balaban J connectivity index is 1.91. The van der Waals surface area contributed by atoms with Crippen molar-refractivity contribution in [1.29, 1.82) is 0 Å². The molecule has 0 atom stereocenters. The maximum absolute atomic E-state index is 12.6. The Bertz CT molecular complexity index is 1130. The van der Waals surface area contributed by atoms with Crippen LogP contribution in [0, 0.1) is 0 Å². The number of alkyl halides is 1. The van der Waals surface area contributed by atoms with Crippen LogP contribution in [0.25, 0.3) is 27.6 Å². The Morgan fingerprint density at radius 3 is 2.58 bits per heavy atom. The second-order valence-electron chi connectivity index (χ2n) is 5.30. The predicted octanol–water partition coefficient (Wildman–Crippen LogP) is 2.88. The van der Waals surface area contributed by atoms with E-state index in [9.17, 15) is 9.59 Å². The summed E-state index contributed by atoms with van der Waals surface area (Å²) in [5.74, 6) is 0.0583. The number of nitrogens with one attached hydrogen (secondary N) is 1. The second-order valence-corrected chi connectivity index (χ2v) is 6.06. The molecule has 2 aromatic carbocycles. The average molecular weight is 430 g/mol. The summed E-state index contributed by atoms with van der Waals surface area (Å²) in [6.45, 7) is 0. The zero-order valence-electron chi connectivity index (χ0n) is 12.4. The molecular formula is C17H11IN4O2. The van der Waals surface area contributed by atoms with Crippen LogP contribution in [0.2, 0.25) is 0 Å². The van der Waals surface area contributed by atoms with E-state index >= 15 is 0 Å². The van der Waals surface area contributed by atoms with Gasteiger partial charge in [0.1, 0.15) is 0 Å². The van der Waals surface area contributed by atoms with E-state index in [1.165, 1.54) is 4.68 Å². The SMILES string of the molecule is O=C(CI)c1ccc(-n2[nH]c3c(nnc4ccccc43)c2=O)cc1. The first kappa shape index (κ1) is 15.0. The molecule has 4 aromatic rings. The minimum atomic E-state index is -0.267. The fourth-order valence-corrected chi connectivity index (χ4v) is 3.08. The number of Topliss-reactive ketones (excluding diaryl/α,β-unsaturated/α-hetero) is 1. The minimum Gasteiger partial charge on any atom is -0.293 e. The van der Waals surface area contributed by atoms with Crippen LogP contribution in [0.4, 0.5) is 0 Å². The van der Waals surface area contributed by atoms with Crippen molar-refractivity contribution in [2.75, 3.05) is 4.43 Å². The lowest BCUT2D eigenvalue weighted by Crippen LogP contribution is -2.15. The standard InChI is InChI=1S/C17H11IN4O2/c18-9-14(23)10-5-7-11(8-6-10)22-17(24)16-15(21-22)12-3-1-2-4-13(12)19-20-16/h1-8,21H,9H2. The first-order chi connectivity index (χ1) is 11.7. The smallest absolute Gasteiger partial charge is 0.293 e. The van der Waals surface area contributed by atoms with E-state index in [1.807, 2.05) is 46.9 Å². The maximum atomic E-state index is 12.6. The van der Waals surface area contributed by atoms with Crippen molar-refractivity contribution in [3.63, 3.8) is 0 Å². The highest BCUT2D eigenvalue weighted by atomic mass is 127. The fourth-order valence-electron chi connectivity index (χ4n) is 2.64. The lowest BCUT2D eigenvalue weighted by molar-refractivity contribution is 0.102. The Labute approximate surface area is 149 Å². The van der Waals surface area contributed by atoms with Crippen LogP contribution in [0.15, 0.2) is 53.3 Å². The Morgan fingerprint density at radius 1 is 1.08 bits per heavy atom. The molecule has 7 heteroatoms. The van der Waals surface area contributed by atoms with Gasteiger partial charge in [0.05, 0.1) is 21.1 Å². The number of hydrogen-bond donors (Lipinski definition) is 1. The summed E-state index contributed by atoms with van der Waals surface area (Å²) in [5, 5.41) is 12.1. The van der Waals surface area contributed by atoms with E-state index in [1.54, 1.807) is 24.3 Å². The lowest BCUT2D eigenvalue weighted by atomic mass is 10.1. The van der Waals surface area contributed by atoms with Crippen molar-refractivity contribution in [1.82, 2.24) is 20.0 Å². The van der Waals surface area contributed by atoms with Crippen molar-refractivity contribution in [3.05, 3.63) is 64.4 Å². The number of aromatic nitrogens is 4. The molecule has 0 aliphatic rings. The number of carbonyl (C=O) groups excluding carboxylic acids is 1. The molecule has 0 radical (unpaired) electrons. The second kappa shape index (κ2) is 5.82. The largest absolute Gasteiger partial charge is 0.299 e. The molecule has 1 N–H and O–H groups in total. The normalized spacial score (nSPS) is 11.2. The molecular weight excluding hydrogens is 419 g/mol. The minimum absolute atomic E-state index is 0.0583. The molecule has 24 heavy (non-hydrogen) atoms. The molecule has 0 spiro atoms. The van der Waals surface area contributed by atoms with Crippen LogP contribution in [0.5, 0.6) is 0 Å². The number of carbonyl (C=O) groups is 1. The van der Waals surface area contributed by atoms with Gasteiger partial charge in [-0.2, -0.15) is 0 Å². The van der Waals surface area contributed by atoms with Gasteiger partial charge < -0.3 is 0 Å². The number of fused-ring (bicyclic) bond motifs is 3. The summed E-state index contributed by atoms with van der Waals surface area (Å²) in [5.41, 5.74) is 2.67.